The first-order valence-electron chi connectivity index (χ1n) is 8.90. The Hall–Kier alpha value is -2.54. The molecule has 0 amide bonds. The van der Waals surface area contributed by atoms with Crippen molar-refractivity contribution in [2.75, 3.05) is 44.1 Å². The van der Waals surface area contributed by atoms with Crippen LogP contribution in [0.15, 0.2) is 30.5 Å². The van der Waals surface area contributed by atoms with Crippen LogP contribution in [-0.2, 0) is 6.42 Å². The first-order chi connectivity index (χ1) is 12.7. The second kappa shape index (κ2) is 8.71. The van der Waals surface area contributed by atoms with E-state index in [-0.39, 0.29) is 6.10 Å². The van der Waals surface area contributed by atoms with Gasteiger partial charge in [0, 0.05) is 25.8 Å². The van der Waals surface area contributed by atoms with Gasteiger partial charge in [-0.25, -0.2) is 4.98 Å². The standard InChI is InChI=1S/C19H26N4O3/c1-25-16-6-5-14(12-17(16)26-2)7-9-20-19-21-10-8-18(22-19)23-11-3-4-15(24)13-23/h5-6,8,10,12,15,24H,3-4,7,9,11,13H2,1-2H3,(H,20,21,22). The molecule has 0 aliphatic carbocycles. The minimum absolute atomic E-state index is 0.278. The predicted octanol–water partition coefficient (Wildman–Crippen LogP) is 2.11. The van der Waals surface area contributed by atoms with Crippen molar-refractivity contribution < 1.29 is 14.6 Å². The Balaban J connectivity index is 1.57. The lowest BCUT2D eigenvalue weighted by molar-refractivity contribution is 0.154. The van der Waals surface area contributed by atoms with Gasteiger partial charge in [-0.15, -0.1) is 0 Å². The third-order valence-corrected chi connectivity index (χ3v) is 4.51. The second-order valence-electron chi connectivity index (χ2n) is 6.35. The van der Waals surface area contributed by atoms with Crippen LogP contribution in [0.3, 0.4) is 0 Å². The predicted molar refractivity (Wildman–Crippen MR) is 101 cm³/mol. The van der Waals surface area contributed by atoms with Crippen molar-refractivity contribution in [1.82, 2.24) is 9.97 Å². The van der Waals surface area contributed by atoms with Crippen molar-refractivity contribution in [3.05, 3.63) is 36.0 Å². The maximum absolute atomic E-state index is 9.84. The fourth-order valence-corrected chi connectivity index (χ4v) is 3.13. The van der Waals surface area contributed by atoms with Crippen molar-refractivity contribution in [3.63, 3.8) is 0 Å². The number of ether oxygens (including phenoxy) is 2. The van der Waals surface area contributed by atoms with Gasteiger partial charge < -0.3 is 24.8 Å². The Bertz CT molecular complexity index is 726. The number of anilines is 2. The molecule has 0 bridgehead atoms. The summed E-state index contributed by atoms with van der Waals surface area (Å²) in [6.07, 6.45) is 4.13. The van der Waals surface area contributed by atoms with E-state index < -0.39 is 0 Å². The molecule has 1 aliphatic rings. The molecule has 1 unspecified atom stereocenters. The molecule has 26 heavy (non-hydrogen) atoms. The summed E-state index contributed by atoms with van der Waals surface area (Å²) in [6, 6.07) is 7.80. The minimum Gasteiger partial charge on any atom is -0.493 e. The molecular formula is C19H26N4O3. The summed E-state index contributed by atoms with van der Waals surface area (Å²) in [5.74, 6) is 2.91. The number of nitrogens with zero attached hydrogens (tertiary/aromatic N) is 3. The van der Waals surface area contributed by atoms with Crippen molar-refractivity contribution in [1.29, 1.82) is 0 Å². The highest BCUT2D eigenvalue weighted by Gasteiger charge is 2.19. The molecule has 0 spiro atoms. The number of rotatable bonds is 7. The Morgan fingerprint density at radius 2 is 2.08 bits per heavy atom. The van der Waals surface area contributed by atoms with Gasteiger partial charge in [-0.3, -0.25) is 0 Å². The highest BCUT2D eigenvalue weighted by Crippen LogP contribution is 2.27. The number of hydrogen-bond donors (Lipinski definition) is 2. The van der Waals surface area contributed by atoms with E-state index in [4.69, 9.17) is 9.47 Å². The molecule has 2 aromatic rings. The van der Waals surface area contributed by atoms with E-state index in [1.165, 1.54) is 0 Å². The van der Waals surface area contributed by atoms with Crippen molar-refractivity contribution in [2.24, 2.45) is 0 Å². The van der Waals surface area contributed by atoms with E-state index in [1.807, 2.05) is 24.3 Å². The number of nitrogens with one attached hydrogen (secondary N) is 1. The van der Waals surface area contributed by atoms with Crippen LogP contribution in [0, 0.1) is 0 Å². The van der Waals surface area contributed by atoms with Crippen molar-refractivity contribution in [3.8, 4) is 11.5 Å². The van der Waals surface area contributed by atoms with Crippen molar-refractivity contribution in [2.45, 2.75) is 25.4 Å². The zero-order valence-corrected chi connectivity index (χ0v) is 15.3. The largest absolute Gasteiger partial charge is 0.493 e. The molecule has 3 rings (SSSR count). The SMILES string of the molecule is COc1ccc(CCNc2nccc(N3CCCC(O)C3)n2)cc1OC. The van der Waals surface area contributed by atoms with E-state index in [2.05, 4.69) is 20.2 Å². The highest BCUT2D eigenvalue weighted by atomic mass is 16.5. The quantitative estimate of drug-likeness (QED) is 0.785. The van der Waals surface area contributed by atoms with Gasteiger partial charge in [-0.05, 0) is 43.0 Å². The second-order valence-corrected chi connectivity index (χ2v) is 6.35. The third-order valence-electron chi connectivity index (χ3n) is 4.51. The zero-order chi connectivity index (χ0) is 18.4. The van der Waals surface area contributed by atoms with Crippen LogP contribution >= 0.6 is 0 Å². The van der Waals surface area contributed by atoms with E-state index in [0.717, 1.165) is 48.7 Å². The molecule has 1 aliphatic heterocycles. The van der Waals surface area contributed by atoms with Gasteiger partial charge in [0.2, 0.25) is 5.95 Å². The summed E-state index contributed by atoms with van der Waals surface area (Å²) in [7, 11) is 3.27. The number of hydrogen-bond acceptors (Lipinski definition) is 7. The summed E-state index contributed by atoms with van der Waals surface area (Å²) < 4.78 is 10.6. The first kappa shape index (κ1) is 18.3. The maximum atomic E-state index is 9.84. The molecule has 1 saturated heterocycles. The van der Waals surface area contributed by atoms with Crippen LogP contribution in [-0.4, -0.2) is 55.0 Å². The fourth-order valence-electron chi connectivity index (χ4n) is 3.13. The van der Waals surface area contributed by atoms with Gasteiger partial charge in [-0.1, -0.05) is 6.07 Å². The lowest BCUT2D eigenvalue weighted by Crippen LogP contribution is -2.38. The summed E-state index contributed by atoms with van der Waals surface area (Å²) in [4.78, 5) is 11.0. The van der Waals surface area contributed by atoms with Crippen LogP contribution in [0.4, 0.5) is 11.8 Å². The third kappa shape index (κ3) is 4.54. The fraction of sp³-hybridized carbons (Fsp3) is 0.474. The normalized spacial score (nSPS) is 17.0. The average molecular weight is 358 g/mol. The van der Waals surface area contributed by atoms with Crippen LogP contribution in [0.5, 0.6) is 11.5 Å². The number of aromatic nitrogens is 2. The molecule has 1 atom stereocenters. The molecule has 1 aromatic carbocycles. The smallest absolute Gasteiger partial charge is 0.224 e. The Labute approximate surface area is 154 Å². The molecule has 1 aromatic heterocycles. The molecule has 0 saturated carbocycles. The summed E-state index contributed by atoms with van der Waals surface area (Å²) in [5, 5.41) is 13.1. The lowest BCUT2D eigenvalue weighted by atomic mass is 10.1. The number of aliphatic hydroxyl groups excluding tert-OH is 1. The average Bonchev–Trinajstić information content (AvgIpc) is 2.68. The van der Waals surface area contributed by atoms with Crippen LogP contribution in [0.2, 0.25) is 0 Å². The van der Waals surface area contributed by atoms with Gasteiger partial charge in [0.25, 0.3) is 0 Å². The molecule has 0 radical (unpaired) electrons. The van der Waals surface area contributed by atoms with Gasteiger partial charge in [-0.2, -0.15) is 4.98 Å². The Morgan fingerprint density at radius 1 is 1.23 bits per heavy atom. The molecule has 7 nitrogen and oxygen atoms in total. The molecule has 7 heteroatoms. The summed E-state index contributed by atoms with van der Waals surface area (Å²) in [5.41, 5.74) is 1.14. The van der Waals surface area contributed by atoms with E-state index in [9.17, 15) is 5.11 Å². The van der Waals surface area contributed by atoms with Crippen molar-refractivity contribution >= 4 is 11.8 Å². The number of aliphatic hydroxyl groups is 1. The number of methoxy groups -OCH3 is 2. The zero-order valence-electron chi connectivity index (χ0n) is 15.3. The van der Waals surface area contributed by atoms with Crippen LogP contribution in [0.25, 0.3) is 0 Å². The molecule has 2 heterocycles. The maximum Gasteiger partial charge on any atom is 0.224 e. The first-order valence-corrected chi connectivity index (χ1v) is 8.90. The number of benzene rings is 1. The lowest BCUT2D eigenvalue weighted by Gasteiger charge is -2.31. The minimum atomic E-state index is -0.278. The van der Waals surface area contributed by atoms with Gasteiger partial charge >= 0.3 is 0 Å². The summed E-state index contributed by atoms with van der Waals surface area (Å²) in [6.45, 7) is 2.25. The van der Waals surface area contributed by atoms with Gasteiger partial charge in [0.05, 0.1) is 20.3 Å². The summed E-state index contributed by atoms with van der Waals surface area (Å²) >= 11 is 0. The molecule has 1 fully saturated rings. The van der Waals surface area contributed by atoms with Gasteiger partial charge in [0.15, 0.2) is 11.5 Å². The topological polar surface area (TPSA) is 79.7 Å². The highest BCUT2D eigenvalue weighted by molar-refractivity contribution is 5.44. The van der Waals surface area contributed by atoms with Gasteiger partial charge in [0.1, 0.15) is 5.82 Å². The Morgan fingerprint density at radius 3 is 2.85 bits per heavy atom. The monoisotopic (exact) mass is 358 g/mol. The number of β-amino-alcohol motifs (C(OH)–C–C–N with tert-alkyl or cyclic N) is 1. The van der Waals surface area contributed by atoms with E-state index in [0.29, 0.717) is 19.0 Å². The van der Waals surface area contributed by atoms with E-state index >= 15 is 0 Å². The van der Waals surface area contributed by atoms with Crippen LogP contribution < -0.4 is 19.7 Å². The molecule has 2 N–H and O–H groups in total. The molecular weight excluding hydrogens is 332 g/mol. The molecule has 140 valence electrons. The van der Waals surface area contributed by atoms with E-state index in [1.54, 1.807) is 20.4 Å². The Kier molecular flexibility index (Phi) is 6.12. The number of piperidine rings is 1. The van der Waals surface area contributed by atoms with Crippen LogP contribution in [0.1, 0.15) is 18.4 Å².